The first-order valence-corrected chi connectivity index (χ1v) is 7.79. The Morgan fingerprint density at radius 1 is 1.29 bits per heavy atom. The fourth-order valence-electron chi connectivity index (χ4n) is 2.48. The molecule has 0 radical (unpaired) electrons. The highest BCUT2D eigenvalue weighted by Crippen LogP contribution is 2.31. The number of nitrogens with zero attached hydrogens (tertiary/aromatic N) is 2. The van der Waals surface area contributed by atoms with Crippen molar-refractivity contribution < 1.29 is 4.39 Å². The van der Waals surface area contributed by atoms with Crippen LogP contribution in [0.25, 0.3) is 16.7 Å². The molecular formula is C16H13BrClFN2. The lowest BCUT2D eigenvalue weighted by molar-refractivity contribution is 0.615. The summed E-state index contributed by atoms with van der Waals surface area (Å²) in [6.45, 7) is 3.72. The van der Waals surface area contributed by atoms with Gasteiger partial charge in [-0.05, 0) is 43.7 Å². The van der Waals surface area contributed by atoms with Crippen LogP contribution in [-0.2, 0) is 0 Å². The Morgan fingerprint density at radius 2 is 2.05 bits per heavy atom. The van der Waals surface area contributed by atoms with E-state index in [1.54, 1.807) is 6.07 Å². The first-order chi connectivity index (χ1) is 9.99. The van der Waals surface area contributed by atoms with Crippen molar-refractivity contribution in [3.8, 4) is 5.69 Å². The molecule has 21 heavy (non-hydrogen) atoms. The summed E-state index contributed by atoms with van der Waals surface area (Å²) < 4.78 is 17.1. The largest absolute Gasteiger partial charge is 0.292 e. The van der Waals surface area contributed by atoms with Crippen LogP contribution in [0.3, 0.4) is 0 Å². The molecule has 1 atom stereocenters. The number of fused-ring (bicyclic) bond motifs is 1. The van der Waals surface area contributed by atoms with Gasteiger partial charge in [0.2, 0.25) is 0 Å². The molecular weight excluding hydrogens is 355 g/mol. The van der Waals surface area contributed by atoms with Gasteiger partial charge in [0, 0.05) is 4.47 Å². The molecule has 0 fully saturated rings. The van der Waals surface area contributed by atoms with Crippen LogP contribution in [0, 0.1) is 12.7 Å². The molecule has 0 saturated carbocycles. The number of halogens is 3. The van der Waals surface area contributed by atoms with Crippen molar-refractivity contribution in [2.24, 2.45) is 0 Å². The van der Waals surface area contributed by atoms with E-state index >= 15 is 0 Å². The quantitative estimate of drug-likeness (QED) is 0.544. The molecule has 2 aromatic carbocycles. The molecule has 5 heteroatoms. The number of benzene rings is 2. The maximum atomic E-state index is 14.4. The normalized spacial score (nSPS) is 12.8. The minimum Gasteiger partial charge on any atom is -0.292 e. The van der Waals surface area contributed by atoms with Gasteiger partial charge < -0.3 is 0 Å². The van der Waals surface area contributed by atoms with Crippen molar-refractivity contribution in [3.63, 3.8) is 0 Å². The molecule has 0 aliphatic carbocycles. The average Bonchev–Trinajstić information content (AvgIpc) is 2.77. The third kappa shape index (κ3) is 2.47. The van der Waals surface area contributed by atoms with Crippen LogP contribution in [-0.4, -0.2) is 9.55 Å². The first kappa shape index (κ1) is 14.5. The molecule has 1 unspecified atom stereocenters. The SMILES string of the molecule is Cc1cccc(F)c1-n1c(C(C)Cl)nc2cc(Br)ccc21. The molecule has 3 aromatic rings. The second-order valence-electron chi connectivity index (χ2n) is 4.96. The number of aryl methyl sites for hydroxylation is 1. The van der Waals surface area contributed by atoms with E-state index in [2.05, 4.69) is 20.9 Å². The summed E-state index contributed by atoms with van der Waals surface area (Å²) in [6, 6.07) is 10.8. The van der Waals surface area contributed by atoms with Gasteiger partial charge in [0.25, 0.3) is 0 Å². The van der Waals surface area contributed by atoms with Crippen molar-refractivity contribution in [1.82, 2.24) is 9.55 Å². The third-order valence-electron chi connectivity index (χ3n) is 3.41. The minimum atomic E-state index is -0.324. The van der Waals surface area contributed by atoms with E-state index in [4.69, 9.17) is 11.6 Å². The summed E-state index contributed by atoms with van der Waals surface area (Å²) in [7, 11) is 0. The van der Waals surface area contributed by atoms with Gasteiger partial charge >= 0.3 is 0 Å². The van der Waals surface area contributed by atoms with E-state index in [1.807, 2.05) is 42.7 Å². The Bertz CT molecular complexity index is 806. The van der Waals surface area contributed by atoms with Crippen LogP contribution in [0.4, 0.5) is 4.39 Å². The summed E-state index contributed by atoms with van der Waals surface area (Å²) in [5.41, 5.74) is 2.98. The fraction of sp³-hybridized carbons (Fsp3) is 0.188. The minimum absolute atomic E-state index is 0.282. The number of imidazole rings is 1. The van der Waals surface area contributed by atoms with Gasteiger partial charge in [0.15, 0.2) is 0 Å². The number of aromatic nitrogens is 2. The van der Waals surface area contributed by atoms with E-state index in [9.17, 15) is 4.39 Å². The first-order valence-electron chi connectivity index (χ1n) is 6.56. The molecule has 0 amide bonds. The Labute approximate surface area is 135 Å². The highest BCUT2D eigenvalue weighted by Gasteiger charge is 2.20. The second kappa shape index (κ2) is 5.43. The van der Waals surface area contributed by atoms with Crippen LogP contribution in [0.15, 0.2) is 40.9 Å². The fourth-order valence-corrected chi connectivity index (χ4v) is 2.98. The lowest BCUT2D eigenvalue weighted by Crippen LogP contribution is -2.06. The maximum Gasteiger partial charge on any atom is 0.147 e. The van der Waals surface area contributed by atoms with Gasteiger partial charge in [-0.2, -0.15) is 0 Å². The highest BCUT2D eigenvalue weighted by molar-refractivity contribution is 9.10. The van der Waals surface area contributed by atoms with Gasteiger partial charge in [-0.25, -0.2) is 9.37 Å². The molecule has 0 bridgehead atoms. The maximum absolute atomic E-state index is 14.4. The molecule has 0 aliphatic rings. The Morgan fingerprint density at radius 3 is 2.71 bits per heavy atom. The molecule has 1 aromatic heterocycles. The Kier molecular flexibility index (Phi) is 3.76. The van der Waals surface area contributed by atoms with Crippen molar-refractivity contribution >= 4 is 38.6 Å². The van der Waals surface area contributed by atoms with Crippen molar-refractivity contribution in [1.29, 1.82) is 0 Å². The van der Waals surface area contributed by atoms with Gasteiger partial charge in [-0.3, -0.25) is 4.57 Å². The molecule has 0 aliphatic heterocycles. The average molecular weight is 368 g/mol. The zero-order chi connectivity index (χ0) is 15.1. The molecule has 0 saturated heterocycles. The zero-order valence-corrected chi connectivity index (χ0v) is 13.9. The summed E-state index contributed by atoms with van der Waals surface area (Å²) >= 11 is 9.69. The van der Waals surface area contributed by atoms with E-state index in [0.717, 1.165) is 21.1 Å². The summed E-state index contributed by atoms with van der Waals surface area (Å²) in [5, 5.41) is -0.324. The highest BCUT2D eigenvalue weighted by atomic mass is 79.9. The van der Waals surface area contributed by atoms with E-state index in [1.165, 1.54) is 6.07 Å². The predicted molar refractivity (Wildman–Crippen MR) is 87.7 cm³/mol. The van der Waals surface area contributed by atoms with Crippen LogP contribution < -0.4 is 0 Å². The lowest BCUT2D eigenvalue weighted by atomic mass is 10.1. The van der Waals surface area contributed by atoms with Crippen LogP contribution >= 0.6 is 27.5 Å². The van der Waals surface area contributed by atoms with Crippen molar-refractivity contribution in [2.75, 3.05) is 0 Å². The molecule has 0 N–H and O–H groups in total. The van der Waals surface area contributed by atoms with Gasteiger partial charge in [0.05, 0.1) is 22.1 Å². The van der Waals surface area contributed by atoms with Crippen LogP contribution in [0.2, 0.25) is 0 Å². The summed E-state index contributed by atoms with van der Waals surface area (Å²) in [6.07, 6.45) is 0. The smallest absolute Gasteiger partial charge is 0.147 e. The van der Waals surface area contributed by atoms with Gasteiger partial charge in [-0.15, -0.1) is 11.6 Å². The molecule has 1 heterocycles. The van der Waals surface area contributed by atoms with Crippen LogP contribution in [0.1, 0.15) is 23.7 Å². The predicted octanol–water partition coefficient (Wildman–Crippen LogP) is 5.54. The number of para-hydroxylation sites is 1. The Balaban J connectivity index is 2.42. The van der Waals surface area contributed by atoms with E-state index < -0.39 is 0 Å². The van der Waals surface area contributed by atoms with Gasteiger partial charge in [-0.1, -0.05) is 28.1 Å². The molecule has 2 nitrogen and oxygen atoms in total. The monoisotopic (exact) mass is 366 g/mol. The van der Waals surface area contributed by atoms with E-state index in [0.29, 0.717) is 11.5 Å². The van der Waals surface area contributed by atoms with Crippen molar-refractivity contribution in [2.45, 2.75) is 19.2 Å². The number of hydrogen-bond acceptors (Lipinski definition) is 1. The Hall–Kier alpha value is -1.39. The number of rotatable bonds is 2. The summed E-state index contributed by atoms with van der Waals surface area (Å²) in [5.74, 6) is 0.355. The van der Waals surface area contributed by atoms with Crippen LogP contribution in [0.5, 0.6) is 0 Å². The lowest BCUT2D eigenvalue weighted by Gasteiger charge is -2.14. The van der Waals surface area contributed by atoms with E-state index in [-0.39, 0.29) is 11.2 Å². The number of alkyl halides is 1. The standard InChI is InChI=1S/C16H13BrClFN2/c1-9-4-3-5-12(19)15(9)21-14-7-6-11(17)8-13(14)20-16(21)10(2)18/h3-8,10H,1-2H3. The van der Waals surface area contributed by atoms with Crippen molar-refractivity contribution in [3.05, 3.63) is 58.1 Å². The topological polar surface area (TPSA) is 17.8 Å². The number of hydrogen-bond donors (Lipinski definition) is 0. The second-order valence-corrected chi connectivity index (χ2v) is 6.53. The third-order valence-corrected chi connectivity index (χ3v) is 4.10. The molecule has 108 valence electrons. The molecule has 3 rings (SSSR count). The zero-order valence-electron chi connectivity index (χ0n) is 11.6. The molecule has 0 spiro atoms. The van der Waals surface area contributed by atoms with Gasteiger partial charge in [0.1, 0.15) is 11.6 Å². The summed E-state index contributed by atoms with van der Waals surface area (Å²) in [4.78, 5) is 4.57.